The van der Waals surface area contributed by atoms with E-state index in [4.69, 9.17) is 4.74 Å². The Labute approximate surface area is 176 Å². The molecule has 4 rings (SSSR count). The van der Waals surface area contributed by atoms with Crippen LogP contribution >= 0.6 is 0 Å². The molecule has 1 aliphatic heterocycles. The molecular formula is C22H26N2O5S. The van der Waals surface area contributed by atoms with E-state index in [1.54, 1.807) is 6.07 Å². The number of aromatic nitrogens is 1. The number of ether oxygens (including phenoxy) is 1. The molecule has 0 atom stereocenters. The average Bonchev–Trinajstić information content (AvgIpc) is 3.29. The number of rotatable bonds is 7. The minimum Gasteiger partial charge on any atom is -0.454 e. The molecule has 2 heterocycles. The topological polar surface area (TPSA) is 85.7 Å². The predicted octanol–water partition coefficient (Wildman–Crippen LogP) is 3.26. The van der Waals surface area contributed by atoms with Gasteiger partial charge in [-0.2, -0.15) is 4.31 Å². The molecule has 2 aliphatic rings. The van der Waals surface area contributed by atoms with Gasteiger partial charge in [-0.3, -0.25) is 4.79 Å². The van der Waals surface area contributed by atoms with E-state index in [1.807, 2.05) is 13.8 Å². The third-order valence-electron chi connectivity index (χ3n) is 5.83. The second-order valence-corrected chi connectivity index (χ2v) is 9.96. The Bertz CT molecular complexity index is 1080. The second kappa shape index (κ2) is 8.00. The first-order valence-corrected chi connectivity index (χ1v) is 11.7. The fourth-order valence-corrected chi connectivity index (χ4v) is 5.58. The molecular weight excluding hydrogens is 404 g/mol. The van der Waals surface area contributed by atoms with Gasteiger partial charge >= 0.3 is 5.97 Å². The molecule has 0 bridgehead atoms. The van der Waals surface area contributed by atoms with Gasteiger partial charge in [0.05, 0.1) is 10.5 Å². The quantitative estimate of drug-likeness (QED) is 0.497. The Kier molecular flexibility index (Phi) is 5.55. The first-order chi connectivity index (χ1) is 14.3. The molecule has 0 unspecified atom stereocenters. The first kappa shape index (κ1) is 20.8. The molecule has 1 aliphatic carbocycles. The van der Waals surface area contributed by atoms with E-state index in [2.05, 4.69) is 4.57 Å². The van der Waals surface area contributed by atoms with Gasteiger partial charge in [0, 0.05) is 36.1 Å². The number of aryl methyl sites for hydroxylation is 1. The minimum absolute atomic E-state index is 0.172. The Morgan fingerprint density at radius 1 is 1.07 bits per heavy atom. The van der Waals surface area contributed by atoms with Gasteiger partial charge in [0.15, 0.2) is 12.4 Å². The zero-order chi connectivity index (χ0) is 21.5. The van der Waals surface area contributed by atoms with Crippen LogP contribution in [0.2, 0.25) is 0 Å². The summed E-state index contributed by atoms with van der Waals surface area (Å²) in [6.07, 6.45) is 3.97. The predicted molar refractivity (Wildman–Crippen MR) is 111 cm³/mol. The number of sulfonamides is 1. The molecule has 8 heteroatoms. The van der Waals surface area contributed by atoms with E-state index in [0.717, 1.165) is 37.1 Å². The third-order valence-corrected chi connectivity index (χ3v) is 7.74. The molecule has 0 spiro atoms. The number of ketones is 1. The van der Waals surface area contributed by atoms with Crippen molar-refractivity contribution in [3.05, 3.63) is 52.8 Å². The highest BCUT2D eigenvalue weighted by atomic mass is 32.2. The van der Waals surface area contributed by atoms with E-state index in [0.29, 0.717) is 30.3 Å². The lowest BCUT2D eigenvalue weighted by Gasteiger charge is -2.15. The minimum atomic E-state index is -3.52. The summed E-state index contributed by atoms with van der Waals surface area (Å²) < 4.78 is 34.0. The lowest BCUT2D eigenvalue weighted by atomic mass is 10.1. The van der Waals surface area contributed by atoms with Crippen LogP contribution in [-0.2, 0) is 14.8 Å². The summed E-state index contributed by atoms with van der Waals surface area (Å²) in [5, 5.41) is 0. The van der Waals surface area contributed by atoms with Crippen LogP contribution in [0.4, 0.5) is 0 Å². The number of carbonyl (C=O) groups is 2. The SMILES string of the molecule is Cc1cc(C(=O)OCC(=O)c2ccc(S(=O)(=O)N3CCCC3)cc2)c(C)n1C1CC1. The largest absolute Gasteiger partial charge is 0.454 e. The number of hydrogen-bond acceptors (Lipinski definition) is 5. The number of nitrogens with zero attached hydrogens (tertiary/aromatic N) is 2. The summed E-state index contributed by atoms with van der Waals surface area (Å²) in [4.78, 5) is 25.1. The molecule has 1 aromatic heterocycles. The number of carbonyl (C=O) groups excluding carboxylic acids is 2. The smallest absolute Gasteiger partial charge is 0.340 e. The number of Topliss-reactive ketones (excluding diaryl/α,β-unsaturated/α-hetero) is 1. The highest BCUT2D eigenvalue weighted by Crippen LogP contribution is 2.38. The van der Waals surface area contributed by atoms with Gasteiger partial charge in [-0.1, -0.05) is 0 Å². The van der Waals surface area contributed by atoms with E-state index in [-0.39, 0.29) is 17.3 Å². The normalized spacial score (nSPS) is 17.3. The van der Waals surface area contributed by atoms with Crippen molar-refractivity contribution in [2.75, 3.05) is 19.7 Å². The van der Waals surface area contributed by atoms with Gasteiger partial charge in [-0.05, 0) is 69.9 Å². The van der Waals surface area contributed by atoms with Crippen LogP contribution in [0.5, 0.6) is 0 Å². The highest BCUT2D eigenvalue weighted by Gasteiger charge is 2.29. The summed E-state index contributed by atoms with van der Waals surface area (Å²) in [5.41, 5.74) is 2.68. The van der Waals surface area contributed by atoms with Crippen LogP contribution in [-0.4, -0.2) is 48.7 Å². The summed E-state index contributed by atoms with van der Waals surface area (Å²) in [6.45, 7) is 4.53. The molecule has 0 radical (unpaired) electrons. The second-order valence-electron chi connectivity index (χ2n) is 8.02. The molecule has 1 aromatic carbocycles. The van der Waals surface area contributed by atoms with E-state index in [1.165, 1.54) is 28.6 Å². The lowest BCUT2D eigenvalue weighted by Crippen LogP contribution is -2.27. The van der Waals surface area contributed by atoms with Crippen molar-refractivity contribution in [3.8, 4) is 0 Å². The van der Waals surface area contributed by atoms with E-state index in [9.17, 15) is 18.0 Å². The molecule has 2 fully saturated rings. The molecule has 7 nitrogen and oxygen atoms in total. The number of hydrogen-bond donors (Lipinski definition) is 0. The van der Waals surface area contributed by atoms with Crippen molar-refractivity contribution in [1.29, 1.82) is 0 Å². The van der Waals surface area contributed by atoms with Gasteiger partial charge in [-0.25, -0.2) is 13.2 Å². The Morgan fingerprint density at radius 3 is 2.30 bits per heavy atom. The van der Waals surface area contributed by atoms with Crippen molar-refractivity contribution in [3.63, 3.8) is 0 Å². The van der Waals surface area contributed by atoms with Crippen molar-refractivity contribution >= 4 is 21.8 Å². The summed E-state index contributed by atoms with van der Waals surface area (Å²) >= 11 is 0. The van der Waals surface area contributed by atoms with Crippen molar-refractivity contribution in [2.45, 2.75) is 50.5 Å². The number of esters is 1. The first-order valence-electron chi connectivity index (χ1n) is 10.3. The van der Waals surface area contributed by atoms with Crippen LogP contribution in [0.15, 0.2) is 35.2 Å². The van der Waals surface area contributed by atoms with Crippen LogP contribution in [0.3, 0.4) is 0 Å². The maximum atomic E-state index is 12.6. The molecule has 1 saturated carbocycles. The zero-order valence-electron chi connectivity index (χ0n) is 17.3. The zero-order valence-corrected chi connectivity index (χ0v) is 18.1. The maximum absolute atomic E-state index is 12.6. The lowest BCUT2D eigenvalue weighted by molar-refractivity contribution is 0.0474. The Morgan fingerprint density at radius 2 is 1.70 bits per heavy atom. The maximum Gasteiger partial charge on any atom is 0.340 e. The number of benzene rings is 1. The van der Waals surface area contributed by atoms with Crippen molar-refractivity contribution < 1.29 is 22.7 Å². The fourth-order valence-electron chi connectivity index (χ4n) is 4.06. The Hall–Kier alpha value is -2.45. The van der Waals surface area contributed by atoms with Crippen molar-refractivity contribution in [1.82, 2.24) is 8.87 Å². The summed E-state index contributed by atoms with van der Waals surface area (Å²) in [7, 11) is -3.52. The van der Waals surface area contributed by atoms with Gasteiger partial charge in [0.25, 0.3) is 0 Å². The molecule has 0 amide bonds. The van der Waals surface area contributed by atoms with Crippen molar-refractivity contribution in [2.24, 2.45) is 0 Å². The van der Waals surface area contributed by atoms with Crippen LogP contribution < -0.4 is 0 Å². The monoisotopic (exact) mass is 430 g/mol. The molecule has 0 N–H and O–H groups in total. The standard InChI is InChI=1S/C22H26N2O5S/c1-15-13-20(16(2)24(15)18-7-8-18)22(26)29-14-21(25)17-5-9-19(10-6-17)30(27,28)23-11-3-4-12-23/h5-6,9-10,13,18H,3-4,7-8,11-12,14H2,1-2H3. The van der Waals surface area contributed by atoms with Gasteiger partial charge in [-0.15, -0.1) is 0 Å². The van der Waals surface area contributed by atoms with Crippen LogP contribution in [0, 0.1) is 13.8 Å². The van der Waals surface area contributed by atoms with Gasteiger partial charge in [0.1, 0.15) is 0 Å². The third kappa shape index (κ3) is 3.94. The summed E-state index contributed by atoms with van der Waals surface area (Å²) in [6, 6.07) is 8.08. The van der Waals surface area contributed by atoms with Gasteiger partial charge < -0.3 is 9.30 Å². The van der Waals surface area contributed by atoms with E-state index < -0.39 is 16.0 Å². The average molecular weight is 431 g/mol. The van der Waals surface area contributed by atoms with Crippen LogP contribution in [0.25, 0.3) is 0 Å². The molecule has 30 heavy (non-hydrogen) atoms. The molecule has 1 saturated heterocycles. The molecule has 2 aromatic rings. The van der Waals surface area contributed by atoms with Gasteiger partial charge in [0.2, 0.25) is 10.0 Å². The Balaban J connectivity index is 1.39. The highest BCUT2D eigenvalue weighted by molar-refractivity contribution is 7.89. The molecule has 160 valence electrons. The fraction of sp³-hybridized carbons (Fsp3) is 0.455. The summed E-state index contributed by atoms with van der Waals surface area (Å²) in [5.74, 6) is -0.888. The van der Waals surface area contributed by atoms with E-state index >= 15 is 0 Å². The van der Waals surface area contributed by atoms with Crippen LogP contribution in [0.1, 0.15) is 63.8 Å².